The Morgan fingerprint density at radius 2 is 1.74 bits per heavy atom. The molecule has 1 aromatic heterocycles. The molecule has 168 valence electrons. The summed E-state index contributed by atoms with van der Waals surface area (Å²) in [7, 11) is -3.67. The van der Waals surface area contributed by atoms with Crippen LogP contribution >= 0.6 is 28.3 Å². The Kier molecular flexibility index (Phi) is 7.96. The second-order valence-corrected chi connectivity index (χ2v) is 10.6. The van der Waals surface area contributed by atoms with Crippen LogP contribution in [0.25, 0.3) is 0 Å². The zero-order valence-electron chi connectivity index (χ0n) is 17.1. The van der Waals surface area contributed by atoms with Gasteiger partial charge in [-0.15, -0.1) is 12.4 Å². The summed E-state index contributed by atoms with van der Waals surface area (Å²) in [5.74, 6) is 0.330. The van der Waals surface area contributed by atoms with Crippen LogP contribution in [0.4, 0.5) is 5.69 Å². The van der Waals surface area contributed by atoms with E-state index in [0.717, 1.165) is 25.9 Å². The fourth-order valence-corrected chi connectivity index (χ4v) is 6.08. The zero-order valence-corrected chi connectivity index (χ0v) is 20.3. The van der Waals surface area contributed by atoms with E-state index in [1.54, 1.807) is 24.3 Å². The molecule has 0 atom stereocenters. The van der Waals surface area contributed by atoms with E-state index in [4.69, 9.17) is 0 Å². The lowest BCUT2D eigenvalue weighted by atomic mass is 9.95. The van der Waals surface area contributed by atoms with Crippen LogP contribution in [-0.2, 0) is 14.8 Å². The number of hydrogen-bond acceptors (Lipinski definition) is 5. The third-order valence-corrected chi connectivity index (χ3v) is 8.17. The molecule has 2 aliphatic rings. The molecule has 0 saturated carbocycles. The lowest BCUT2D eigenvalue weighted by Crippen LogP contribution is -2.53. The summed E-state index contributed by atoms with van der Waals surface area (Å²) in [4.78, 5) is 21.2. The highest BCUT2D eigenvalue weighted by Gasteiger charge is 2.34. The third kappa shape index (κ3) is 5.58. The van der Waals surface area contributed by atoms with Crippen molar-refractivity contribution in [2.75, 3.05) is 44.2 Å². The number of pyridine rings is 1. The van der Waals surface area contributed by atoms with Crippen LogP contribution in [0.15, 0.2) is 58.2 Å². The van der Waals surface area contributed by atoms with Crippen molar-refractivity contribution in [3.63, 3.8) is 0 Å². The average molecular weight is 530 g/mol. The van der Waals surface area contributed by atoms with Crippen LogP contribution in [0, 0.1) is 5.92 Å². The standard InChI is InChI=1S/C21H25BrN4O3S.ClH/c22-18-2-1-3-20(14-18)30(28,29)26-13-12-25(21(27)16-26)15-17-6-10-24(11-7-17)19-4-8-23-9-5-19;/h1-5,8-9,14,17H,6-7,10-13,15-16H2;1H. The first-order valence-electron chi connectivity index (χ1n) is 10.1. The molecule has 7 nitrogen and oxygen atoms in total. The van der Waals surface area contributed by atoms with Crippen molar-refractivity contribution in [2.45, 2.75) is 17.7 Å². The Morgan fingerprint density at radius 3 is 2.39 bits per heavy atom. The average Bonchev–Trinajstić information content (AvgIpc) is 2.76. The number of aromatic nitrogens is 1. The third-order valence-electron chi connectivity index (χ3n) is 5.84. The minimum absolute atomic E-state index is 0. The van der Waals surface area contributed by atoms with Crippen molar-refractivity contribution in [3.8, 4) is 0 Å². The second-order valence-electron chi connectivity index (χ2n) is 7.77. The maximum absolute atomic E-state index is 12.9. The normalized spacial score (nSPS) is 18.7. The summed E-state index contributed by atoms with van der Waals surface area (Å²) >= 11 is 3.31. The summed E-state index contributed by atoms with van der Waals surface area (Å²) in [6, 6.07) is 10.6. The summed E-state index contributed by atoms with van der Waals surface area (Å²) < 4.78 is 27.7. The van der Waals surface area contributed by atoms with Gasteiger partial charge in [-0.25, -0.2) is 8.42 Å². The highest BCUT2D eigenvalue weighted by atomic mass is 79.9. The topological polar surface area (TPSA) is 73.8 Å². The Labute approximate surface area is 198 Å². The highest BCUT2D eigenvalue weighted by molar-refractivity contribution is 9.10. The number of amides is 1. The van der Waals surface area contributed by atoms with Crippen LogP contribution in [-0.4, -0.2) is 67.8 Å². The van der Waals surface area contributed by atoms with Crippen molar-refractivity contribution in [2.24, 2.45) is 5.92 Å². The number of benzene rings is 1. The van der Waals surface area contributed by atoms with Crippen LogP contribution < -0.4 is 4.90 Å². The van der Waals surface area contributed by atoms with Crippen LogP contribution in [0.2, 0.25) is 0 Å². The number of carbonyl (C=O) groups excluding carboxylic acids is 1. The van der Waals surface area contributed by atoms with E-state index < -0.39 is 10.0 Å². The number of carbonyl (C=O) groups is 1. The van der Waals surface area contributed by atoms with Gasteiger partial charge in [-0.05, 0) is 49.1 Å². The van der Waals surface area contributed by atoms with Crippen molar-refractivity contribution in [3.05, 3.63) is 53.3 Å². The molecule has 2 saturated heterocycles. The number of nitrogens with zero attached hydrogens (tertiary/aromatic N) is 4. The SMILES string of the molecule is Cl.O=C1CN(S(=O)(=O)c2cccc(Br)c2)CCN1CC1CCN(c2ccncc2)CC1. The largest absolute Gasteiger partial charge is 0.371 e. The molecule has 1 amide bonds. The molecule has 2 aromatic rings. The second kappa shape index (κ2) is 10.3. The zero-order chi connectivity index (χ0) is 21.1. The molecule has 1 aromatic carbocycles. The molecule has 4 rings (SSSR count). The van der Waals surface area contributed by atoms with E-state index in [0.29, 0.717) is 30.0 Å². The van der Waals surface area contributed by atoms with Gasteiger partial charge in [-0.1, -0.05) is 22.0 Å². The smallest absolute Gasteiger partial charge is 0.243 e. The van der Waals surface area contributed by atoms with Gasteiger partial charge < -0.3 is 9.80 Å². The molecule has 2 fully saturated rings. The van der Waals surface area contributed by atoms with Gasteiger partial charge in [0.15, 0.2) is 0 Å². The molecule has 10 heteroatoms. The van der Waals surface area contributed by atoms with Gasteiger partial charge in [0, 0.05) is 55.3 Å². The molecule has 0 unspecified atom stereocenters. The minimum atomic E-state index is -3.67. The first kappa shape index (κ1) is 24.0. The van der Waals surface area contributed by atoms with Crippen LogP contribution in [0.1, 0.15) is 12.8 Å². The molecule has 0 spiro atoms. The molecule has 31 heavy (non-hydrogen) atoms. The van der Waals surface area contributed by atoms with E-state index in [1.807, 2.05) is 29.4 Å². The van der Waals surface area contributed by atoms with Gasteiger partial charge in [0.2, 0.25) is 15.9 Å². The number of rotatable bonds is 5. The van der Waals surface area contributed by atoms with Crippen molar-refractivity contribution < 1.29 is 13.2 Å². The maximum Gasteiger partial charge on any atom is 0.243 e. The Bertz CT molecular complexity index is 1000. The fraction of sp³-hybridized carbons (Fsp3) is 0.429. The van der Waals surface area contributed by atoms with E-state index in [9.17, 15) is 13.2 Å². The molecule has 0 aliphatic carbocycles. The quantitative estimate of drug-likeness (QED) is 0.595. The molecule has 3 heterocycles. The predicted octanol–water partition coefficient (Wildman–Crippen LogP) is 3.02. The van der Waals surface area contributed by atoms with Gasteiger partial charge in [0.05, 0.1) is 11.4 Å². The van der Waals surface area contributed by atoms with Crippen LogP contribution in [0.5, 0.6) is 0 Å². The van der Waals surface area contributed by atoms with Crippen molar-refractivity contribution >= 4 is 50.0 Å². The monoisotopic (exact) mass is 528 g/mol. The number of piperidine rings is 1. The molecular weight excluding hydrogens is 504 g/mol. The number of piperazine rings is 1. The fourth-order valence-electron chi connectivity index (χ4n) is 4.10. The molecular formula is C21H26BrClN4O3S. The molecule has 0 radical (unpaired) electrons. The molecule has 0 bridgehead atoms. The van der Waals surface area contributed by atoms with E-state index in [2.05, 4.69) is 25.8 Å². The van der Waals surface area contributed by atoms with Crippen molar-refractivity contribution in [1.82, 2.24) is 14.2 Å². The van der Waals surface area contributed by atoms with Crippen LogP contribution in [0.3, 0.4) is 0 Å². The number of halogens is 2. The Balaban J connectivity index is 0.00000272. The first-order valence-corrected chi connectivity index (χ1v) is 12.4. The minimum Gasteiger partial charge on any atom is -0.371 e. The predicted molar refractivity (Wildman–Crippen MR) is 126 cm³/mol. The van der Waals surface area contributed by atoms with E-state index >= 15 is 0 Å². The van der Waals surface area contributed by atoms with Gasteiger partial charge >= 0.3 is 0 Å². The number of hydrogen-bond donors (Lipinski definition) is 0. The lowest BCUT2D eigenvalue weighted by Gasteiger charge is -2.38. The summed E-state index contributed by atoms with van der Waals surface area (Å²) in [5, 5.41) is 0. The Hall–Kier alpha value is -1.68. The van der Waals surface area contributed by atoms with Gasteiger partial charge in [-0.2, -0.15) is 4.31 Å². The summed E-state index contributed by atoms with van der Waals surface area (Å²) in [5.41, 5.74) is 1.19. The summed E-state index contributed by atoms with van der Waals surface area (Å²) in [6.07, 6.45) is 5.65. The number of sulfonamides is 1. The van der Waals surface area contributed by atoms with E-state index in [-0.39, 0.29) is 29.8 Å². The maximum atomic E-state index is 12.9. The number of anilines is 1. The van der Waals surface area contributed by atoms with Gasteiger partial charge in [0.25, 0.3) is 0 Å². The summed E-state index contributed by atoms with van der Waals surface area (Å²) in [6.45, 7) is 3.30. The molecule has 0 N–H and O–H groups in total. The molecule has 2 aliphatic heterocycles. The van der Waals surface area contributed by atoms with Crippen molar-refractivity contribution in [1.29, 1.82) is 0 Å². The van der Waals surface area contributed by atoms with Gasteiger partial charge in [0.1, 0.15) is 0 Å². The lowest BCUT2D eigenvalue weighted by molar-refractivity contribution is -0.134. The Morgan fingerprint density at radius 1 is 1.03 bits per heavy atom. The highest BCUT2D eigenvalue weighted by Crippen LogP contribution is 2.25. The van der Waals surface area contributed by atoms with Gasteiger partial charge in [-0.3, -0.25) is 9.78 Å². The van der Waals surface area contributed by atoms with E-state index in [1.165, 1.54) is 9.99 Å². The first-order chi connectivity index (χ1) is 14.4.